The molecule has 0 bridgehead atoms. The summed E-state index contributed by atoms with van der Waals surface area (Å²) in [5.74, 6) is -4.31. The average molecular weight is 194 g/mol. The number of carboxylic acid groups (broad SMARTS) is 1. The van der Waals surface area contributed by atoms with E-state index in [9.17, 15) is 13.6 Å². The highest BCUT2D eigenvalue weighted by atomic mass is 19.3. The van der Waals surface area contributed by atoms with E-state index in [1.165, 1.54) is 0 Å². The van der Waals surface area contributed by atoms with Gasteiger partial charge in [0, 0.05) is 14.0 Å². The molecular weight excluding hydrogens is 182 g/mol. The zero-order chi connectivity index (χ0) is 10.3. The first-order valence-corrected chi connectivity index (χ1v) is 3.98. The summed E-state index contributed by atoms with van der Waals surface area (Å²) in [6.07, 6.45) is -0.977. The number of carboxylic acids is 1. The van der Waals surface area contributed by atoms with E-state index in [0.29, 0.717) is 0 Å². The summed E-state index contributed by atoms with van der Waals surface area (Å²) in [4.78, 5) is 10.6. The Balaban J connectivity index is 2.85. The van der Waals surface area contributed by atoms with Gasteiger partial charge in [-0.1, -0.05) is 0 Å². The molecule has 0 aromatic heterocycles. The van der Waals surface area contributed by atoms with Crippen LogP contribution in [0, 0.1) is 5.41 Å². The highest BCUT2D eigenvalue weighted by Crippen LogP contribution is 2.59. The Morgan fingerprint density at radius 2 is 2.08 bits per heavy atom. The molecule has 0 aromatic rings. The molecule has 5 heteroatoms. The van der Waals surface area contributed by atoms with E-state index in [1.54, 1.807) is 0 Å². The zero-order valence-electron chi connectivity index (χ0n) is 7.51. The Morgan fingerprint density at radius 3 is 2.15 bits per heavy atom. The number of rotatable bonds is 4. The Hall–Kier alpha value is -0.710. The maximum atomic E-state index is 13.0. The van der Waals surface area contributed by atoms with Crippen LogP contribution in [0.2, 0.25) is 0 Å². The number of alkyl halides is 2. The van der Waals surface area contributed by atoms with E-state index in [1.807, 2.05) is 0 Å². The van der Waals surface area contributed by atoms with E-state index < -0.39 is 23.4 Å². The number of hydrogen-bond acceptors (Lipinski definition) is 2. The van der Waals surface area contributed by atoms with Crippen molar-refractivity contribution < 1.29 is 23.4 Å². The minimum Gasteiger partial charge on any atom is -0.479 e. The fraction of sp³-hybridized carbons (Fsp3) is 0.875. The first kappa shape index (κ1) is 10.4. The van der Waals surface area contributed by atoms with E-state index in [2.05, 4.69) is 4.74 Å². The van der Waals surface area contributed by atoms with Crippen LogP contribution in [-0.4, -0.2) is 30.2 Å². The molecule has 1 atom stereocenters. The Morgan fingerprint density at radius 1 is 1.62 bits per heavy atom. The highest BCUT2D eigenvalue weighted by Gasteiger charge is 2.66. The van der Waals surface area contributed by atoms with Gasteiger partial charge in [-0.05, 0) is 12.8 Å². The predicted molar refractivity (Wildman–Crippen MR) is 40.7 cm³/mol. The standard InChI is InChI=1S/C8H12F2O3/c1-7(9,10)8(3-4-8)5(13-2)6(11)12/h5H,3-4H2,1-2H3,(H,11,12). The molecule has 1 fully saturated rings. The number of hydrogen-bond donors (Lipinski definition) is 1. The summed E-state index contributed by atoms with van der Waals surface area (Å²) in [6, 6.07) is 0. The van der Waals surface area contributed by atoms with Gasteiger partial charge in [0.15, 0.2) is 6.10 Å². The van der Waals surface area contributed by atoms with E-state index in [4.69, 9.17) is 5.11 Å². The fourth-order valence-corrected chi connectivity index (χ4v) is 1.63. The molecule has 1 aliphatic carbocycles. The molecular formula is C8H12F2O3. The maximum Gasteiger partial charge on any atom is 0.333 e. The summed E-state index contributed by atoms with van der Waals surface area (Å²) in [7, 11) is 1.14. The number of methoxy groups -OCH3 is 1. The van der Waals surface area contributed by atoms with Gasteiger partial charge in [-0.25, -0.2) is 13.6 Å². The first-order chi connectivity index (χ1) is 5.85. The van der Waals surface area contributed by atoms with Crippen molar-refractivity contribution in [2.45, 2.75) is 31.8 Å². The molecule has 0 spiro atoms. The van der Waals surface area contributed by atoms with Crippen molar-refractivity contribution in [2.24, 2.45) is 5.41 Å². The van der Waals surface area contributed by atoms with Gasteiger partial charge >= 0.3 is 5.97 Å². The van der Waals surface area contributed by atoms with Crippen LogP contribution in [0.15, 0.2) is 0 Å². The van der Waals surface area contributed by atoms with Crippen LogP contribution >= 0.6 is 0 Å². The number of ether oxygens (including phenoxy) is 1. The summed E-state index contributed by atoms with van der Waals surface area (Å²) >= 11 is 0. The van der Waals surface area contributed by atoms with Crippen molar-refractivity contribution in [1.29, 1.82) is 0 Å². The Bertz CT molecular complexity index is 218. The minimum atomic E-state index is -2.99. The SMILES string of the molecule is COC(C(=O)O)C1(C(C)(F)F)CC1. The van der Waals surface area contributed by atoms with Crippen molar-refractivity contribution in [1.82, 2.24) is 0 Å². The van der Waals surface area contributed by atoms with Gasteiger partial charge in [-0.15, -0.1) is 0 Å². The maximum absolute atomic E-state index is 13.0. The normalized spacial score (nSPS) is 22.5. The summed E-state index contributed by atoms with van der Waals surface area (Å²) in [5.41, 5.74) is -1.48. The van der Waals surface area contributed by atoms with Crippen LogP contribution in [0.4, 0.5) is 8.78 Å². The molecule has 3 nitrogen and oxygen atoms in total. The van der Waals surface area contributed by atoms with Gasteiger partial charge < -0.3 is 9.84 Å². The van der Waals surface area contributed by atoms with Crippen LogP contribution in [0.1, 0.15) is 19.8 Å². The Labute approximate surface area is 74.7 Å². The lowest BCUT2D eigenvalue weighted by molar-refractivity contribution is -0.169. The lowest BCUT2D eigenvalue weighted by atomic mass is 9.92. The molecule has 1 rings (SSSR count). The van der Waals surface area contributed by atoms with Crippen molar-refractivity contribution in [3.8, 4) is 0 Å². The second-order valence-electron chi connectivity index (χ2n) is 3.50. The van der Waals surface area contributed by atoms with Crippen molar-refractivity contribution in [3.63, 3.8) is 0 Å². The summed E-state index contributed by atoms with van der Waals surface area (Å²) in [6.45, 7) is 0.745. The molecule has 1 unspecified atom stereocenters. The Kier molecular flexibility index (Phi) is 2.32. The van der Waals surface area contributed by atoms with Crippen molar-refractivity contribution in [2.75, 3.05) is 7.11 Å². The molecule has 0 aromatic carbocycles. The molecule has 76 valence electrons. The van der Waals surface area contributed by atoms with Crippen LogP contribution in [0.3, 0.4) is 0 Å². The third kappa shape index (κ3) is 1.52. The second kappa shape index (κ2) is 2.90. The third-order valence-electron chi connectivity index (χ3n) is 2.62. The van der Waals surface area contributed by atoms with E-state index in [0.717, 1.165) is 14.0 Å². The first-order valence-electron chi connectivity index (χ1n) is 3.98. The van der Waals surface area contributed by atoms with Gasteiger partial charge in [0.1, 0.15) is 0 Å². The van der Waals surface area contributed by atoms with Gasteiger partial charge in [-0.3, -0.25) is 0 Å². The van der Waals surface area contributed by atoms with Crippen molar-refractivity contribution in [3.05, 3.63) is 0 Å². The molecule has 1 aliphatic rings. The highest BCUT2D eigenvalue weighted by molar-refractivity contribution is 5.74. The van der Waals surface area contributed by atoms with E-state index >= 15 is 0 Å². The number of halogens is 2. The van der Waals surface area contributed by atoms with Gasteiger partial charge in [-0.2, -0.15) is 0 Å². The second-order valence-corrected chi connectivity index (χ2v) is 3.50. The van der Waals surface area contributed by atoms with Gasteiger partial charge in [0.25, 0.3) is 5.92 Å². The van der Waals surface area contributed by atoms with Crippen LogP contribution in [-0.2, 0) is 9.53 Å². The number of carbonyl (C=O) groups is 1. The quantitative estimate of drug-likeness (QED) is 0.738. The largest absolute Gasteiger partial charge is 0.479 e. The van der Waals surface area contributed by atoms with Crippen LogP contribution < -0.4 is 0 Å². The molecule has 1 N–H and O–H groups in total. The third-order valence-corrected chi connectivity index (χ3v) is 2.62. The molecule has 1 saturated carbocycles. The monoisotopic (exact) mass is 194 g/mol. The predicted octanol–water partition coefficient (Wildman–Crippen LogP) is 1.52. The van der Waals surface area contributed by atoms with Gasteiger partial charge in [0.05, 0.1) is 5.41 Å². The number of aliphatic carboxylic acids is 1. The minimum absolute atomic E-state index is 0.210. The lowest BCUT2D eigenvalue weighted by Gasteiger charge is -2.27. The molecule has 0 radical (unpaired) electrons. The van der Waals surface area contributed by atoms with Crippen LogP contribution in [0.25, 0.3) is 0 Å². The van der Waals surface area contributed by atoms with E-state index in [-0.39, 0.29) is 12.8 Å². The summed E-state index contributed by atoms with van der Waals surface area (Å²) in [5, 5.41) is 8.65. The average Bonchev–Trinajstić information content (AvgIpc) is 2.67. The topological polar surface area (TPSA) is 46.5 Å². The smallest absolute Gasteiger partial charge is 0.333 e. The molecule has 0 saturated heterocycles. The lowest BCUT2D eigenvalue weighted by Crippen LogP contribution is -2.43. The zero-order valence-corrected chi connectivity index (χ0v) is 7.51. The summed E-state index contributed by atoms with van der Waals surface area (Å²) < 4.78 is 30.6. The van der Waals surface area contributed by atoms with Gasteiger partial charge in [0.2, 0.25) is 0 Å². The molecule has 0 amide bonds. The molecule has 0 heterocycles. The van der Waals surface area contributed by atoms with Crippen molar-refractivity contribution >= 4 is 5.97 Å². The van der Waals surface area contributed by atoms with Crippen LogP contribution in [0.5, 0.6) is 0 Å². The molecule has 0 aliphatic heterocycles. The molecule has 13 heavy (non-hydrogen) atoms. The fourth-order valence-electron chi connectivity index (χ4n) is 1.63.